The molecule has 3 aliphatic rings. The van der Waals surface area contributed by atoms with Crippen molar-refractivity contribution in [2.45, 2.75) is 96.6 Å². The van der Waals surface area contributed by atoms with Gasteiger partial charge in [-0.15, -0.1) is 0 Å². The summed E-state index contributed by atoms with van der Waals surface area (Å²) in [7, 11) is 3.19. The summed E-state index contributed by atoms with van der Waals surface area (Å²) in [6, 6.07) is 0. The highest BCUT2D eigenvalue weighted by Crippen LogP contribution is 2.58. The Balaban J connectivity index is 2.07. The maximum Gasteiger partial charge on any atom is 0.303 e. The number of ether oxygens (including phenoxy) is 6. The van der Waals surface area contributed by atoms with E-state index >= 15 is 0 Å². The lowest BCUT2D eigenvalue weighted by Crippen LogP contribution is -2.76. The van der Waals surface area contributed by atoms with Crippen molar-refractivity contribution >= 4 is 11.9 Å². The Morgan fingerprint density at radius 2 is 1.50 bits per heavy atom. The van der Waals surface area contributed by atoms with Crippen molar-refractivity contribution in [2.75, 3.05) is 20.8 Å². The lowest BCUT2D eigenvalue weighted by Gasteiger charge is -2.64. The van der Waals surface area contributed by atoms with Gasteiger partial charge in [-0.05, 0) is 19.3 Å². The van der Waals surface area contributed by atoms with Crippen molar-refractivity contribution < 1.29 is 38.0 Å². The molecular weight excluding hydrogens is 392 g/mol. The first-order valence-electron chi connectivity index (χ1n) is 10.7. The van der Waals surface area contributed by atoms with Gasteiger partial charge in [0.2, 0.25) is 11.6 Å². The smallest absolute Gasteiger partial charge is 0.303 e. The van der Waals surface area contributed by atoms with Crippen LogP contribution in [-0.2, 0) is 38.0 Å². The molecule has 0 aromatic heterocycles. The summed E-state index contributed by atoms with van der Waals surface area (Å²) in [5, 5.41) is 0. The third kappa shape index (κ3) is 3.76. The highest BCUT2D eigenvalue weighted by atomic mass is 16.8. The minimum atomic E-state index is -1.10. The molecule has 172 valence electrons. The Bertz CT molecular complexity index is 678. The van der Waals surface area contributed by atoms with Gasteiger partial charge in [-0.25, -0.2) is 0 Å². The second-order valence-electron chi connectivity index (χ2n) is 9.87. The molecule has 0 aromatic carbocycles. The number of esters is 2. The molecular formula is C22H36O8. The molecule has 2 saturated carbocycles. The summed E-state index contributed by atoms with van der Waals surface area (Å²) in [5.41, 5.74) is -1.01. The molecule has 0 bridgehead atoms. The number of rotatable bonds is 5. The van der Waals surface area contributed by atoms with Crippen molar-refractivity contribution in [1.29, 1.82) is 0 Å². The lowest BCUT2D eigenvalue weighted by atomic mass is 9.59. The van der Waals surface area contributed by atoms with Crippen LogP contribution in [0.4, 0.5) is 0 Å². The van der Waals surface area contributed by atoms with E-state index in [1.807, 2.05) is 20.8 Å². The average molecular weight is 429 g/mol. The quantitative estimate of drug-likeness (QED) is 0.618. The highest BCUT2D eigenvalue weighted by Gasteiger charge is 2.70. The van der Waals surface area contributed by atoms with Crippen molar-refractivity contribution in [3.63, 3.8) is 0 Å². The van der Waals surface area contributed by atoms with Crippen molar-refractivity contribution in [2.24, 2.45) is 10.8 Å². The molecule has 0 aromatic rings. The normalized spacial score (nSPS) is 42.6. The molecule has 0 spiro atoms. The van der Waals surface area contributed by atoms with E-state index in [2.05, 4.69) is 0 Å². The lowest BCUT2D eigenvalue weighted by molar-refractivity contribution is -0.491. The Morgan fingerprint density at radius 3 is 2.00 bits per heavy atom. The van der Waals surface area contributed by atoms with Crippen LogP contribution in [0.1, 0.15) is 66.7 Å². The first-order valence-corrected chi connectivity index (χ1v) is 10.7. The van der Waals surface area contributed by atoms with E-state index in [1.165, 1.54) is 13.8 Å². The molecule has 30 heavy (non-hydrogen) atoms. The fourth-order valence-electron chi connectivity index (χ4n) is 5.81. The average Bonchev–Trinajstić information content (AvgIpc) is 2.68. The maximum atomic E-state index is 12.0. The fraction of sp³-hybridized carbons (Fsp3) is 0.909. The first-order chi connectivity index (χ1) is 13.9. The van der Waals surface area contributed by atoms with Crippen LogP contribution in [0.3, 0.4) is 0 Å². The zero-order chi connectivity index (χ0) is 22.4. The fourth-order valence-corrected chi connectivity index (χ4v) is 5.81. The molecule has 1 aliphatic heterocycles. The Hall–Kier alpha value is -1.22. The maximum absolute atomic E-state index is 12.0. The van der Waals surface area contributed by atoms with Gasteiger partial charge < -0.3 is 28.4 Å². The minimum Gasteiger partial charge on any atom is -0.465 e. The minimum absolute atomic E-state index is 0.170. The van der Waals surface area contributed by atoms with Crippen LogP contribution in [0.25, 0.3) is 0 Å². The highest BCUT2D eigenvalue weighted by molar-refractivity contribution is 5.66. The summed E-state index contributed by atoms with van der Waals surface area (Å²) in [4.78, 5) is 23.6. The van der Waals surface area contributed by atoms with Gasteiger partial charge >= 0.3 is 11.9 Å². The van der Waals surface area contributed by atoms with Gasteiger partial charge in [0.1, 0.15) is 12.2 Å². The molecule has 2 aliphatic carbocycles. The van der Waals surface area contributed by atoms with Crippen LogP contribution in [-0.4, -0.2) is 62.7 Å². The Morgan fingerprint density at radius 1 is 0.933 bits per heavy atom. The third-order valence-corrected chi connectivity index (χ3v) is 6.96. The van der Waals surface area contributed by atoms with E-state index in [9.17, 15) is 9.59 Å². The summed E-state index contributed by atoms with van der Waals surface area (Å²) in [6.45, 7) is 9.04. The summed E-state index contributed by atoms with van der Waals surface area (Å²) in [5.74, 6) is -2.91. The van der Waals surface area contributed by atoms with E-state index in [4.69, 9.17) is 28.4 Å². The number of hydrogen-bond acceptors (Lipinski definition) is 8. The molecule has 0 N–H and O–H groups in total. The summed E-state index contributed by atoms with van der Waals surface area (Å²) in [6.07, 6.45) is 1.99. The van der Waals surface area contributed by atoms with Gasteiger partial charge in [0.25, 0.3) is 0 Å². The number of fused-ring (bicyclic) bond motifs is 2. The van der Waals surface area contributed by atoms with Gasteiger partial charge in [0.05, 0.1) is 12.7 Å². The third-order valence-electron chi connectivity index (χ3n) is 6.96. The second-order valence-corrected chi connectivity index (χ2v) is 9.87. The summed E-state index contributed by atoms with van der Waals surface area (Å²) >= 11 is 0. The van der Waals surface area contributed by atoms with Gasteiger partial charge in [0.15, 0.2) is 0 Å². The number of carbonyl (C=O) groups is 2. The van der Waals surface area contributed by atoms with Gasteiger partial charge in [-0.3, -0.25) is 9.59 Å². The zero-order valence-corrected chi connectivity index (χ0v) is 19.2. The molecule has 6 unspecified atom stereocenters. The van der Waals surface area contributed by atoms with E-state index in [0.29, 0.717) is 19.3 Å². The SMILES string of the molecule is COC12CCCCC1(OC)OC1C(O2)C(OC(C)=O)C(C)(C)CC1(C)COC(C)=O. The largest absolute Gasteiger partial charge is 0.465 e. The molecule has 1 heterocycles. The van der Waals surface area contributed by atoms with Gasteiger partial charge in [-0.2, -0.15) is 0 Å². The topological polar surface area (TPSA) is 89.5 Å². The summed E-state index contributed by atoms with van der Waals surface area (Å²) < 4.78 is 36.5. The van der Waals surface area contributed by atoms with E-state index in [1.54, 1.807) is 14.2 Å². The molecule has 3 fully saturated rings. The van der Waals surface area contributed by atoms with Crippen LogP contribution in [0.15, 0.2) is 0 Å². The van der Waals surface area contributed by atoms with Gasteiger partial charge in [0, 0.05) is 51.7 Å². The van der Waals surface area contributed by atoms with Crippen molar-refractivity contribution in [3.8, 4) is 0 Å². The molecule has 0 amide bonds. The van der Waals surface area contributed by atoms with Crippen LogP contribution in [0.5, 0.6) is 0 Å². The van der Waals surface area contributed by atoms with E-state index in [-0.39, 0.29) is 18.5 Å². The monoisotopic (exact) mass is 428 g/mol. The molecule has 6 atom stereocenters. The van der Waals surface area contributed by atoms with E-state index < -0.39 is 40.7 Å². The number of hydrogen-bond donors (Lipinski definition) is 0. The van der Waals surface area contributed by atoms with Gasteiger partial charge in [-0.1, -0.05) is 20.8 Å². The molecule has 1 saturated heterocycles. The van der Waals surface area contributed by atoms with Crippen LogP contribution < -0.4 is 0 Å². The first kappa shape index (κ1) is 23.4. The van der Waals surface area contributed by atoms with Crippen molar-refractivity contribution in [3.05, 3.63) is 0 Å². The van der Waals surface area contributed by atoms with E-state index in [0.717, 1.165) is 12.8 Å². The molecule has 0 radical (unpaired) electrons. The predicted octanol–water partition coefficient (Wildman–Crippen LogP) is 2.96. The number of methoxy groups -OCH3 is 2. The second kappa shape index (κ2) is 8.04. The van der Waals surface area contributed by atoms with Crippen molar-refractivity contribution in [1.82, 2.24) is 0 Å². The van der Waals surface area contributed by atoms with Crippen LogP contribution in [0.2, 0.25) is 0 Å². The van der Waals surface area contributed by atoms with Crippen LogP contribution in [0, 0.1) is 10.8 Å². The number of carbonyl (C=O) groups excluding carboxylic acids is 2. The Kier molecular flexibility index (Phi) is 6.28. The molecule has 8 heteroatoms. The molecule has 8 nitrogen and oxygen atoms in total. The standard InChI is InChI=1S/C22H36O8/c1-14(23)27-13-20(5)12-19(3,4)17(28-15(2)24)16-18(20)30-22(26-7)11-9-8-10-21(22,25-6)29-16/h16-18H,8-13H2,1-7H3. The zero-order valence-electron chi connectivity index (χ0n) is 19.2. The predicted molar refractivity (Wildman–Crippen MR) is 106 cm³/mol. The van der Waals surface area contributed by atoms with Crippen LogP contribution >= 0.6 is 0 Å². The Labute approximate surface area is 178 Å². The molecule has 3 rings (SSSR count).